The first-order chi connectivity index (χ1) is 9.69. The first-order valence-corrected chi connectivity index (χ1v) is 7.62. The minimum Gasteiger partial charge on any atom is -0.307 e. The van der Waals surface area contributed by atoms with Gasteiger partial charge in [-0.3, -0.25) is 0 Å². The predicted molar refractivity (Wildman–Crippen MR) is 87.2 cm³/mol. The van der Waals surface area contributed by atoms with E-state index in [-0.39, 0.29) is 0 Å². The van der Waals surface area contributed by atoms with Crippen LogP contribution >= 0.6 is 11.6 Å². The van der Waals surface area contributed by atoms with Gasteiger partial charge in [-0.2, -0.15) is 0 Å². The van der Waals surface area contributed by atoms with Crippen LogP contribution in [0, 0.1) is 0 Å². The number of rotatable bonds is 6. The summed E-state index contributed by atoms with van der Waals surface area (Å²) in [5.41, 5.74) is 2.66. The normalized spacial score (nSPS) is 13.9. The molecule has 0 aromatic heterocycles. The van der Waals surface area contributed by atoms with E-state index in [1.165, 1.54) is 11.1 Å². The van der Waals surface area contributed by atoms with Crippen LogP contribution in [0.25, 0.3) is 0 Å². The second-order valence-corrected chi connectivity index (χ2v) is 5.67. The third-order valence-electron chi connectivity index (χ3n) is 3.67. The number of hydrogen-bond donors (Lipinski definition) is 1. The Morgan fingerprint density at radius 2 is 1.65 bits per heavy atom. The zero-order chi connectivity index (χ0) is 14.4. The minimum absolute atomic E-state index is 0.334. The molecule has 1 nitrogen and oxygen atoms in total. The molecule has 2 atom stereocenters. The fourth-order valence-electron chi connectivity index (χ4n) is 2.42. The second kappa shape index (κ2) is 7.47. The van der Waals surface area contributed by atoms with Crippen molar-refractivity contribution in [3.05, 3.63) is 70.7 Å². The van der Waals surface area contributed by atoms with Crippen molar-refractivity contribution >= 4 is 11.6 Å². The summed E-state index contributed by atoms with van der Waals surface area (Å²) in [4.78, 5) is 0. The lowest BCUT2D eigenvalue weighted by Crippen LogP contribution is -2.32. The largest absolute Gasteiger partial charge is 0.307 e. The number of nitrogens with one attached hydrogen (secondary N) is 1. The van der Waals surface area contributed by atoms with Crippen molar-refractivity contribution in [3.8, 4) is 0 Å². The van der Waals surface area contributed by atoms with Crippen LogP contribution in [0.1, 0.15) is 37.4 Å². The SMILES string of the molecule is CCC(Cc1ccccc1)N[C@H](C)c1ccc(Cl)cc1. The number of benzene rings is 2. The first kappa shape index (κ1) is 15.1. The standard InChI is InChI=1S/C18H22ClN/c1-3-18(13-15-7-5-4-6-8-15)20-14(2)16-9-11-17(19)12-10-16/h4-12,14,18,20H,3,13H2,1-2H3/t14-,18?/m1/s1. The van der Waals surface area contributed by atoms with Gasteiger partial charge >= 0.3 is 0 Å². The Morgan fingerprint density at radius 3 is 2.25 bits per heavy atom. The van der Waals surface area contributed by atoms with Gasteiger partial charge in [0.05, 0.1) is 0 Å². The molecule has 0 radical (unpaired) electrons. The molecule has 0 heterocycles. The summed E-state index contributed by atoms with van der Waals surface area (Å²) < 4.78 is 0. The Hall–Kier alpha value is -1.31. The molecule has 2 aromatic rings. The fourth-order valence-corrected chi connectivity index (χ4v) is 2.55. The molecule has 20 heavy (non-hydrogen) atoms. The molecule has 106 valence electrons. The highest BCUT2D eigenvalue weighted by molar-refractivity contribution is 6.30. The van der Waals surface area contributed by atoms with Crippen LogP contribution in [0.2, 0.25) is 5.02 Å². The van der Waals surface area contributed by atoms with Crippen LogP contribution in [0.5, 0.6) is 0 Å². The van der Waals surface area contributed by atoms with E-state index < -0.39 is 0 Å². The van der Waals surface area contributed by atoms with Crippen molar-refractivity contribution in [2.45, 2.75) is 38.8 Å². The first-order valence-electron chi connectivity index (χ1n) is 7.24. The lowest BCUT2D eigenvalue weighted by Gasteiger charge is -2.23. The van der Waals surface area contributed by atoms with Crippen molar-refractivity contribution in [2.75, 3.05) is 0 Å². The Bertz CT molecular complexity index is 507. The molecule has 0 aliphatic carbocycles. The molecule has 0 saturated heterocycles. The summed E-state index contributed by atoms with van der Waals surface area (Å²) >= 11 is 5.94. The number of hydrogen-bond acceptors (Lipinski definition) is 1. The summed E-state index contributed by atoms with van der Waals surface area (Å²) in [7, 11) is 0. The molecule has 1 N–H and O–H groups in total. The van der Waals surface area contributed by atoms with E-state index in [1.54, 1.807) is 0 Å². The molecule has 2 rings (SSSR count). The van der Waals surface area contributed by atoms with Crippen molar-refractivity contribution in [3.63, 3.8) is 0 Å². The van der Waals surface area contributed by atoms with Crippen molar-refractivity contribution in [2.24, 2.45) is 0 Å². The lowest BCUT2D eigenvalue weighted by molar-refractivity contribution is 0.440. The highest BCUT2D eigenvalue weighted by Gasteiger charge is 2.12. The van der Waals surface area contributed by atoms with E-state index in [1.807, 2.05) is 12.1 Å². The maximum Gasteiger partial charge on any atom is 0.0406 e. The van der Waals surface area contributed by atoms with E-state index in [9.17, 15) is 0 Å². The molecule has 0 fully saturated rings. The summed E-state index contributed by atoms with van der Waals surface area (Å²) in [6, 6.07) is 19.6. The monoisotopic (exact) mass is 287 g/mol. The average Bonchev–Trinajstić information content (AvgIpc) is 2.48. The summed E-state index contributed by atoms with van der Waals surface area (Å²) in [6.07, 6.45) is 2.18. The van der Waals surface area contributed by atoms with Gasteiger partial charge in [0, 0.05) is 17.1 Å². The zero-order valence-electron chi connectivity index (χ0n) is 12.1. The van der Waals surface area contributed by atoms with Crippen molar-refractivity contribution in [1.29, 1.82) is 0 Å². The molecule has 1 unspecified atom stereocenters. The van der Waals surface area contributed by atoms with Crippen molar-refractivity contribution < 1.29 is 0 Å². The Morgan fingerprint density at radius 1 is 1.00 bits per heavy atom. The quantitative estimate of drug-likeness (QED) is 0.787. The molecule has 0 aliphatic heterocycles. The predicted octanol–water partition coefficient (Wildman–Crippen LogP) is 5.01. The molecule has 2 aromatic carbocycles. The molecule has 0 aliphatic rings. The van der Waals surface area contributed by atoms with E-state index in [0.29, 0.717) is 12.1 Å². The van der Waals surface area contributed by atoms with Gasteiger partial charge in [0.1, 0.15) is 0 Å². The molecule has 0 amide bonds. The van der Waals surface area contributed by atoms with E-state index >= 15 is 0 Å². The maximum atomic E-state index is 5.94. The van der Waals surface area contributed by atoms with Gasteiger partial charge in [0.15, 0.2) is 0 Å². The van der Waals surface area contributed by atoms with Gasteiger partial charge in [0.2, 0.25) is 0 Å². The Balaban J connectivity index is 1.97. The summed E-state index contributed by atoms with van der Waals surface area (Å²) in [6.45, 7) is 4.44. The molecule has 0 bridgehead atoms. The highest BCUT2D eigenvalue weighted by Crippen LogP contribution is 2.18. The topological polar surface area (TPSA) is 12.0 Å². The minimum atomic E-state index is 0.334. The van der Waals surface area contributed by atoms with Gasteiger partial charge in [-0.1, -0.05) is 61.0 Å². The van der Waals surface area contributed by atoms with Crippen LogP contribution in [-0.2, 0) is 6.42 Å². The average molecular weight is 288 g/mol. The highest BCUT2D eigenvalue weighted by atomic mass is 35.5. The van der Waals surface area contributed by atoms with Gasteiger partial charge in [-0.25, -0.2) is 0 Å². The van der Waals surface area contributed by atoms with E-state index in [4.69, 9.17) is 11.6 Å². The van der Waals surface area contributed by atoms with Gasteiger partial charge in [-0.05, 0) is 43.0 Å². The molecule has 0 spiro atoms. The maximum absolute atomic E-state index is 5.94. The molecule has 0 saturated carbocycles. The molecular weight excluding hydrogens is 266 g/mol. The third-order valence-corrected chi connectivity index (χ3v) is 3.93. The third kappa shape index (κ3) is 4.36. The lowest BCUT2D eigenvalue weighted by atomic mass is 10.0. The Labute approximate surface area is 127 Å². The fraction of sp³-hybridized carbons (Fsp3) is 0.333. The molecular formula is C18H22ClN. The van der Waals surface area contributed by atoms with Gasteiger partial charge < -0.3 is 5.32 Å². The van der Waals surface area contributed by atoms with E-state index in [0.717, 1.165) is 17.9 Å². The van der Waals surface area contributed by atoms with Crippen LogP contribution in [-0.4, -0.2) is 6.04 Å². The summed E-state index contributed by atoms with van der Waals surface area (Å²) in [5.74, 6) is 0. The van der Waals surface area contributed by atoms with Crippen LogP contribution < -0.4 is 5.32 Å². The van der Waals surface area contributed by atoms with Crippen LogP contribution in [0.4, 0.5) is 0 Å². The van der Waals surface area contributed by atoms with Crippen molar-refractivity contribution in [1.82, 2.24) is 5.32 Å². The van der Waals surface area contributed by atoms with Gasteiger partial charge in [0.25, 0.3) is 0 Å². The van der Waals surface area contributed by atoms with Gasteiger partial charge in [-0.15, -0.1) is 0 Å². The zero-order valence-corrected chi connectivity index (χ0v) is 12.9. The van der Waals surface area contributed by atoms with Crippen LogP contribution in [0.3, 0.4) is 0 Å². The number of halogens is 1. The smallest absolute Gasteiger partial charge is 0.0406 e. The van der Waals surface area contributed by atoms with E-state index in [2.05, 4.69) is 61.6 Å². The Kier molecular flexibility index (Phi) is 5.63. The second-order valence-electron chi connectivity index (χ2n) is 5.23. The molecule has 2 heteroatoms. The van der Waals surface area contributed by atoms with Crippen LogP contribution in [0.15, 0.2) is 54.6 Å². The summed E-state index contributed by atoms with van der Waals surface area (Å²) in [5, 5.41) is 4.50.